The van der Waals surface area contributed by atoms with E-state index < -0.39 is 11.0 Å². The van der Waals surface area contributed by atoms with Gasteiger partial charge in [0.05, 0.1) is 12.6 Å². The topological polar surface area (TPSA) is 81.2 Å². The first-order valence-corrected chi connectivity index (χ1v) is 6.94. The van der Waals surface area contributed by atoms with E-state index in [1.165, 1.54) is 17.1 Å². The highest BCUT2D eigenvalue weighted by Gasteiger charge is 2.13. The van der Waals surface area contributed by atoms with Crippen LogP contribution in [0.5, 0.6) is 0 Å². The molecule has 6 heteroatoms. The lowest BCUT2D eigenvalue weighted by Crippen LogP contribution is -2.17. The molecule has 1 N–H and O–H groups in total. The van der Waals surface area contributed by atoms with E-state index in [0.29, 0.717) is 6.42 Å². The minimum Gasteiger partial charge on any atom is -0.391 e. The Balaban J connectivity index is 1.69. The fourth-order valence-electron chi connectivity index (χ4n) is 2.49. The number of hydrogen-bond acceptors (Lipinski definition) is 4. The lowest BCUT2D eigenvalue weighted by Gasteiger charge is -2.11. The Hall–Kier alpha value is -2.73. The van der Waals surface area contributed by atoms with E-state index in [9.17, 15) is 15.2 Å². The van der Waals surface area contributed by atoms with Crippen LogP contribution in [0.4, 0.5) is 5.82 Å². The number of nitrogens with zero attached hydrogens (tertiary/aromatic N) is 3. The molecule has 0 amide bonds. The van der Waals surface area contributed by atoms with Crippen LogP contribution in [-0.4, -0.2) is 25.7 Å². The predicted molar refractivity (Wildman–Crippen MR) is 82.5 cm³/mol. The van der Waals surface area contributed by atoms with Gasteiger partial charge in [0.25, 0.3) is 0 Å². The number of benzene rings is 2. The first kappa shape index (κ1) is 14.2. The summed E-state index contributed by atoms with van der Waals surface area (Å²) < 4.78 is 1.53. The quantitative estimate of drug-likeness (QED) is 0.579. The monoisotopic (exact) mass is 297 g/mol. The van der Waals surface area contributed by atoms with Gasteiger partial charge in [0.1, 0.15) is 6.20 Å². The van der Waals surface area contributed by atoms with Crippen molar-refractivity contribution in [3.63, 3.8) is 0 Å². The average Bonchev–Trinajstić information content (AvgIpc) is 2.95. The second-order valence-electron chi connectivity index (χ2n) is 5.23. The van der Waals surface area contributed by atoms with Crippen molar-refractivity contribution in [1.29, 1.82) is 0 Å². The van der Waals surface area contributed by atoms with Crippen molar-refractivity contribution in [1.82, 2.24) is 9.55 Å². The molecule has 0 bridgehead atoms. The van der Waals surface area contributed by atoms with E-state index in [2.05, 4.69) is 11.1 Å². The SMILES string of the molecule is O=[N+]([O-])c1cn(C[C@H](O)Cc2ccc3ccccc3c2)cn1. The van der Waals surface area contributed by atoms with Crippen molar-refractivity contribution in [2.24, 2.45) is 0 Å². The maximum absolute atomic E-state index is 10.6. The summed E-state index contributed by atoms with van der Waals surface area (Å²) in [5, 5.41) is 23.0. The first-order valence-electron chi connectivity index (χ1n) is 6.94. The number of nitro groups is 1. The minimum atomic E-state index is -0.630. The number of rotatable bonds is 5. The van der Waals surface area contributed by atoms with Crippen molar-refractivity contribution < 1.29 is 10.0 Å². The third kappa shape index (κ3) is 3.12. The van der Waals surface area contributed by atoms with E-state index in [0.717, 1.165) is 16.3 Å². The highest BCUT2D eigenvalue weighted by Crippen LogP contribution is 2.17. The van der Waals surface area contributed by atoms with Gasteiger partial charge >= 0.3 is 5.82 Å². The number of fused-ring (bicyclic) bond motifs is 1. The van der Waals surface area contributed by atoms with E-state index in [4.69, 9.17) is 0 Å². The maximum atomic E-state index is 10.6. The molecule has 0 aliphatic heterocycles. The molecule has 3 aromatic rings. The van der Waals surface area contributed by atoms with Crippen molar-refractivity contribution in [2.45, 2.75) is 19.1 Å². The second kappa shape index (κ2) is 5.95. The smallest absolute Gasteiger partial charge is 0.381 e. The molecule has 112 valence electrons. The summed E-state index contributed by atoms with van der Waals surface area (Å²) in [4.78, 5) is 13.7. The first-order chi connectivity index (χ1) is 10.6. The Morgan fingerprint density at radius 1 is 1.23 bits per heavy atom. The molecule has 22 heavy (non-hydrogen) atoms. The van der Waals surface area contributed by atoms with Gasteiger partial charge in [-0.05, 0) is 26.2 Å². The Labute approximate surface area is 126 Å². The van der Waals surface area contributed by atoms with Crippen LogP contribution in [0, 0.1) is 10.1 Å². The molecular weight excluding hydrogens is 282 g/mol. The van der Waals surface area contributed by atoms with E-state index in [-0.39, 0.29) is 12.4 Å². The fraction of sp³-hybridized carbons (Fsp3) is 0.188. The molecule has 2 aromatic carbocycles. The molecule has 0 aliphatic rings. The predicted octanol–water partition coefficient (Wildman–Crippen LogP) is 2.55. The zero-order valence-corrected chi connectivity index (χ0v) is 11.8. The standard InChI is InChI=1S/C16H15N3O3/c20-15(9-18-10-16(17-11-18)19(21)22)8-12-5-6-13-3-1-2-4-14(13)7-12/h1-7,10-11,15,20H,8-9H2/t15-/m1/s1. The summed E-state index contributed by atoms with van der Waals surface area (Å²) in [5.74, 6) is -0.210. The molecule has 3 rings (SSSR count). The van der Waals surface area contributed by atoms with E-state index in [1.807, 2.05) is 36.4 Å². The number of imidazole rings is 1. The van der Waals surface area contributed by atoms with Crippen LogP contribution < -0.4 is 0 Å². The summed E-state index contributed by atoms with van der Waals surface area (Å²) in [6, 6.07) is 14.1. The molecule has 0 unspecified atom stereocenters. The van der Waals surface area contributed by atoms with E-state index in [1.54, 1.807) is 0 Å². The normalized spacial score (nSPS) is 12.4. The molecule has 6 nitrogen and oxygen atoms in total. The molecule has 1 heterocycles. The van der Waals surface area contributed by atoms with Crippen LogP contribution in [0.3, 0.4) is 0 Å². The Bertz CT molecular complexity index is 813. The molecule has 1 aromatic heterocycles. The van der Waals surface area contributed by atoms with Gasteiger partial charge in [0.2, 0.25) is 6.33 Å². The lowest BCUT2D eigenvalue weighted by atomic mass is 10.0. The third-order valence-electron chi connectivity index (χ3n) is 3.51. The van der Waals surface area contributed by atoms with Crippen LogP contribution in [0.1, 0.15) is 5.56 Å². The van der Waals surface area contributed by atoms with Gasteiger partial charge in [0, 0.05) is 6.42 Å². The summed E-state index contributed by atoms with van der Waals surface area (Å²) in [6.07, 6.45) is 2.54. The van der Waals surface area contributed by atoms with Gasteiger partial charge in [-0.1, -0.05) is 42.5 Å². The molecule has 0 aliphatic carbocycles. The van der Waals surface area contributed by atoms with Gasteiger partial charge in [-0.3, -0.25) is 0 Å². The van der Waals surface area contributed by atoms with Crippen LogP contribution in [0.2, 0.25) is 0 Å². The van der Waals surface area contributed by atoms with Gasteiger partial charge in [-0.25, -0.2) is 0 Å². The summed E-state index contributed by atoms with van der Waals surface area (Å²) in [7, 11) is 0. The number of aromatic nitrogens is 2. The summed E-state index contributed by atoms with van der Waals surface area (Å²) in [6.45, 7) is 0.271. The summed E-state index contributed by atoms with van der Waals surface area (Å²) in [5.41, 5.74) is 1.03. The van der Waals surface area contributed by atoms with E-state index >= 15 is 0 Å². The molecule has 1 atom stereocenters. The Morgan fingerprint density at radius 3 is 2.73 bits per heavy atom. The van der Waals surface area contributed by atoms with Crippen LogP contribution in [0.15, 0.2) is 55.0 Å². The lowest BCUT2D eigenvalue weighted by molar-refractivity contribution is -0.389. The highest BCUT2D eigenvalue weighted by molar-refractivity contribution is 5.82. The Kier molecular flexibility index (Phi) is 3.84. The van der Waals surface area contributed by atoms with Crippen molar-refractivity contribution in [3.05, 3.63) is 70.7 Å². The maximum Gasteiger partial charge on any atom is 0.381 e. The molecular formula is C16H15N3O3. The van der Waals surface area contributed by atoms with Crippen LogP contribution >= 0.6 is 0 Å². The average molecular weight is 297 g/mol. The number of aliphatic hydroxyl groups is 1. The minimum absolute atomic E-state index is 0.210. The zero-order chi connectivity index (χ0) is 15.5. The number of aliphatic hydroxyl groups excluding tert-OH is 1. The Morgan fingerprint density at radius 2 is 2.00 bits per heavy atom. The summed E-state index contributed by atoms with van der Waals surface area (Å²) >= 11 is 0. The van der Waals surface area contributed by atoms with Gasteiger partial charge in [-0.15, -0.1) is 0 Å². The highest BCUT2D eigenvalue weighted by atomic mass is 16.6. The zero-order valence-electron chi connectivity index (χ0n) is 11.8. The number of hydrogen-bond donors (Lipinski definition) is 1. The largest absolute Gasteiger partial charge is 0.391 e. The molecule has 0 spiro atoms. The molecule has 0 saturated carbocycles. The van der Waals surface area contributed by atoms with Gasteiger partial charge in [0.15, 0.2) is 0 Å². The van der Waals surface area contributed by atoms with Crippen molar-refractivity contribution in [2.75, 3.05) is 0 Å². The van der Waals surface area contributed by atoms with Gasteiger partial charge < -0.3 is 19.8 Å². The molecule has 0 fully saturated rings. The van der Waals surface area contributed by atoms with Crippen LogP contribution in [0.25, 0.3) is 10.8 Å². The van der Waals surface area contributed by atoms with Crippen molar-refractivity contribution in [3.8, 4) is 0 Å². The molecule has 0 saturated heterocycles. The third-order valence-corrected chi connectivity index (χ3v) is 3.51. The van der Waals surface area contributed by atoms with Crippen molar-refractivity contribution >= 4 is 16.6 Å². The fourth-order valence-corrected chi connectivity index (χ4v) is 2.49. The van der Waals surface area contributed by atoms with Gasteiger partial charge in [-0.2, -0.15) is 0 Å². The second-order valence-corrected chi connectivity index (χ2v) is 5.23. The van der Waals surface area contributed by atoms with Crippen LogP contribution in [-0.2, 0) is 13.0 Å². The molecule has 0 radical (unpaired) electrons.